The van der Waals surface area contributed by atoms with Gasteiger partial charge in [-0.05, 0) is 38.0 Å². The Morgan fingerprint density at radius 3 is 2.50 bits per heavy atom. The van der Waals surface area contributed by atoms with Crippen LogP contribution in [0.5, 0.6) is 0 Å². The standard InChI is InChI=1S/C21H24N2O/c1-14(2)23-21(24)12-18(16-10-8-15(3)9-11-16)19-13-22-20-7-5-4-6-17(19)20/h4-11,13-14,18,22H,12H2,1-3H3,(H,23,24). The third kappa shape index (κ3) is 3.51. The molecule has 1 heterocycles. The molecule has 0 bridgehead atoms. The molecule has 3 nitrogen and oxygen atoms in total. The molecule has 0 saturated carbocycles. The highest BCUT2D eigenvalue weighted by Crippen LogP contribution is 2.33. The summed E-state index contributed by atoms with van der Waals surface area (Å²) in [5.41, 5.74) is 4.68. The first kappa shape index (κ1) is 16.3. The number of aryl methyl sites for hydroxylation is 1. The van der Waals surface area contributed by atoms with Crippen molar-refractivity contribution in [1.29, 1.82) is 0 Å². The average Bonchev–Trinajstić information content (AvgIpc) is 2.97. The fraction of sp³-hybridized carbons (Fsp3) is 0.286. The van der Waals surface area contributed by atoms with Crippen LogP contribution in [0.1, 0.15) is 42.9 Å². The number of aromatic amines is 1. The summed E-state index contributed by atoms with van der Waals surface area (Å²) < 4.78 is 0. The number of H-pyrrole nitrogens is 1. The topological polar surface area (TPSA) is 44.9 Å². The smallest absolute Gasteiger partial charge is 0.221 e. The van der Waals surface area contributed by atoms with Crippen LogP contribution in [0.25, 0.3) is 10.9 Å². The van der Waals surface area contributed by atoms with Crippen LogP contribution in [0.4, 0.5) is 0 Å². The minimum atomic E-state index is 0.0421. The number of hydrogen-bond acceptors (Lipinski definition) is 1. The van der Waals surface area contributed by atoms with E-state index in [-0.39, 0.29) is 17.9 Å². The number of fused-ring (bicyclic) bond motifs is 1. The van der Waals surface area contributed by atoms with Crippen LogP contribution in [0.2, 0.25) is 0 Å². The van der Waals surface area contributed by atoms with Crippen LogP contribution in [0.3, 0.4) is 0 Å². The van der Waals surface area contributed by atoms with Gasteiger partial charge in [-0.25, -0.2) is 0 Å². The molecule has 0 aliphatic heterocycles. The Bertz CT molecular complexity index is 830. The van der Waals surface area contributed by atoms with E-state index in [1.807, 2.05) is 32.2 Å². The normalized spacial score (nSPS) is 12.5. The number of benzene rings is 2. The van der Waals surface area contributed by atoms with E-state index < -0.39 is 0 Å². The summed E-state index contributed by atoms with van der Waals surface area (Å²) in [6.07, 6.45) is 2.49. The molecule has 1 atom stereocenters. The second-order valence-electron chi connectivity index (χ2n) is 6.68. The molecule has 0 spiro atoms. The predicted octanol–water partition coefficient (Wildman–Crippen LogP) is 4.52. The summed E-state index contributed by atoms with van der Waals surface area (Å²) in [4.78, 5) is 15.7. The zero-order valence-corrected chi connectivity index (χ0v) is 14.5. The molecule has 3 rings (SSSR count). The van der Waals surface area contributed by atoms with Crippen molar-refractivity contribution in [3.63, 3.8) is 0 Å². The maximum atomic E-state index is 12.4. The van der Waals surface area contributed by atoms with E-state index in [4.69, 9.17) is 0 Å². The van der Waals surface area contributed by atoms with Crippen molar-refractivity contribution in [3.8, 4) is 0 Å². The van der Waals surface area contributed by atoms with Crippen LogP contribution in [-0.4, -0.2) is 16.9 Å². The first-order chi connectivity index (χ1) is 11.5. The maximum absolute atomic E-state index is 12.4. The summed E-state index contributed by atoms with van der Waals surface area (Å²) in [5.74, 6) is 0.126. The number of aromatic nitrogens is 1. The number of carbonyl (C=O) groups is 1. The van der Waals surface area contributed by atoms with Gasteiger partial charge in [-0.2, -0.15) is 0 Å². The first-order valence-electron chi connectivity index (χ1n) is 8.46. The molecular formula is C21H24N2O. The average molecular weight is 320 g/mol. The molecule has 1 amide bonds. The van der Waals surface area contributed by atoms with E-state index in [0.29, 0.717) is 6.42 Å². The van der Waals surface area contributed by atoms with Crippen molar-refractivity contribution < 1.29 is 4.79 Å². The van der Waals surface area contributed by atoms with Gasteiger partial charge < -0.3 is 10.3 Å². The lowest BCUT2D eigenvalue weighted by atomic mass is 9.87. The third-order valence-corrected chi connectivity index (χ3v) is 4.32. The van der Waals surface area contributed by atoms with Crippen LogP contribution < -0.4 is 5.32 Å². The summed E-state index contributed by atoms with van der Waals surface area (Å²) in [6, 6.07) is 16.9. The minimum absolute atomic E-state index is 0.0421. The summed E-state index contributed by atoms with van der Waals surface area (Å²) in [6.45, 7) is 6.06. The number of carbonyl (C=O) groups excluding carboxylic acids is 1. The number of nitrogens with one attached hydrogen (secondary N) is 2. The number of para-hydroxylation sites is 1. The van der Waals surface area contributed by atoms with Crippen molar-refractivity contribution >= 4 is 16.8 Å². The molecule has 1 aromatic heterocycles. The van der Waals surface area contributed by atoms with Crippen LogP contribution in [-0.2, 0) is 4.79 Å². The van der Waals surface area contributed by atoms with Gasteiger partial charge in [0.2, 0.25) is 5.91 Å². The number of rotatable bonds is 5. The fourth-order valence-electron chi connectivity index (χ4n) is 3.15. The molecule has 0 fully saturated rings. The molecule has 3 aromatic rings. The zero-order chi connectivity index (χ0) is 17.1. The van der Waals surface area contributed by atoms with Gasteiger partial charge in [0.1, 0.15) is 0 Å². The number of hydrogen-bond donors (Lipinski definition) is 2. The second-order valence-corrected chi connectivity index (χ2v) is 6.68. The van der Waals surface area contributed by atoms with E-state index >= 15 is 0 Å². The van der Waals surface area contributed by atoms with Crippen molar-refractivity contribution in [2.24, 2.45) is 0 Å². The zero-order valence-electron chi connectivity index (χ0n) is 14.5. The molecule has 1 unspecified atom stereocenters. The lowest BCUT2D eigenvalue weighted by Gasteiger charge is -2.18. The van der Waals surface area contributed by atoms with Crippen molar-refractivity contribution in [2.45, 2.75) is 39.2 Å². The molecule has 0 radical (unpaired) electrons. The van der Waals surface area contributed by atoms with Crippen molar-refractivity contribution in [3.05, 3.63) is 71.4 Å². The highest BCUT2D eigenvalue weighted by Gasteiger charge is 2.21. The Labute approximate surface area is 143 Å². The predicted molar refractivity (Wildman–Crippen MR) is 99.2 cm³/mol. The molecule has 2 aromatic carbocycles. The molecule has 2 N–H and O–H groups in total. The molecule has 124 valence electrons. The fourth-order valence-corrected chi connectivity index (χ4v) is 3.15. The van der Waals surface area contributed by atoms with Gasteiger partial charge in [-0.3, -0.25) is 4.79 Å². The van der Waals surface area contributed by atoms with Crippen LogP contribution in [0, 0.1) is 6.92 Å². The Morgan fingerprint density at radius 2 is 1.79 bits per heavy atom. The molecule has 0 saturated heterocycles. The monoisotopic (exact) mass is 320 g/mol. The van der Waals surface area contributed by atoms with Gasteiger partial charge in [0.15, 0.2) is 0 Å². The Morgan fingerprint density at radius 1 is 1.08 bits per heavy atom. The van der Waals surface area contributed by atoms with E-state index in [2.05, 4.69) is 53.6 Å². The van der Waals surface area contributed by atoms with Gasteiger partial charge in [0.05, 0.1) is 0 Å². The van der Waals surface area contributed by atoms with E-state index in [0.717, 1.165) is 5.52 Å². The lowest BCUT2D eigenvalue weighted by Crippen LogP contribution is -2.31. The van der Waals surface area contributed by atoms with E-state index in [9.17, 15) is 4.79 Å². The third-order valence-electron chi connectivity index (χ3n) is 4.32. The van der Waals surface area contributed by atoms with Gasteiger partial charge in [0.25, 0.3) is 0 Å². The molecule has 0 aliphatic carbocycles. The highest BCUT2D eigenvalue weighted by molar-refractivity contribution is 5.86. The summed E-state index contributed by atoms with van der Waals surface area (Å²) in [5, 5.41) is 4.20. The van der Waals surface area contributed by atoms with Gasteiger partial charge >= 0.3 is 0 Å². The van der Waals surface area contributed by atoms with Crippen LogP contribution in [0.15, 0.2) is 54.7 Å². The van der Waals surface area contributed by atoms with Crippen LogP contribution >= 0.6 is 0 Å². The van der Waals surface area contributed by atoms with Crippen molar-refractivity contribution in [1.82, 2.24) is 10.3 Å². The highest BCUT2D eigenvalue weighted by atomic mass is 16.1. The van der Waals surface area contributed by atoms with Crippen molar-refractivity contribution in [2.75, 3.05) is 0 Å². The Balaban J connectivity index is 2.01. The van der Waals surface area contributed by atoms with E-state index in [1.165, 1.54) is 22.1 Å². The van der Waals surface area contributed by atoms with E-state index in [1.54, 1.807) is 0 Å². The minimum Gasteiger partial charge on any atom is -0.361 e. The lowest BCUT2D eigenvalue weighted by molar-refractivity contribution is -0.121. The largest absolute Gasteiger partial charge is 0.361 e. The SMILES string of the molecule is Cc1ccc(C(CC(=O)NC(C)C)c2c[nH]c3ccccc23)cc1. The molecule has 0 aliphatic rings. The molecule has 3 heteroatoms. The summed E-state index contributed by atoms with van der Waals surface area (Å²) in [7, 11) is 0. The Hall–Kier alpha value is -2.55. The molecular weight excluding hydrogens is 296 g/mol. The van der Waals surface area contributed by atoms with Gasteiger partial charge in [-0.1, -0.05) is 48.0 Å². The van der Waals surface area contributed by atoms with Gasteiger partial charge in [0, 0.05) is 35.5 Å². The number of amides is 1. The first-order valence-corrected chi connectivity index (χ1v) is 8.46. The second kappa shape index (κ2) is 6.91. The van der Waals surface area contributed by atoms with Gasteiger partial charge in [-0.15, -0.1) is 0 Å². The maximum Gasteiger partial charge on any atom is 0.221 e. The molecule has 24 heavy (non-hydrogen) atoms. The Kier molecular flexibility index (Phi) is 4.70. The summed E-state index contributed by atoms with van der Waals surface area (Å²) >= 11 is 0. The quantitative estimate of drug-likeness (QED) is 0.713.